The van der Waals surface area contributed by atoms with Gasteiger partial charge in [-0.2, -0.15) is 0 Å². The van der Waals surface area contributed by atoms with Crippen molar-refractivity contribution in [2.75, 3.05) is 25.1 Å². The smallest absolute Gasteiger partial charge is 0.262 e. The fourth-order valence-corrected chi connectivity index (χ4v) is 2.90. The molecule has 138 valence electrons. The first-order chi connectivity index (χ1) is 12.6. The average molecular weight is 355 g/mol. The first kappa shape index (κ1) is 18.3. The molecule has 1 N–H and O–H groups in total. The summed E-state index contributed by atoms with van der Waals surface area (Å²) in [4.78, 5) is 12.1. The second-order valence-electron chi connectivity index (χ2n) is 6.58. The summed E-state index contributed by atoms with van der Waals surface area (Å²) in [7, 11) is 0. The molecule has 0 radical (unpaired) electrons. The molecule has 3 rings (SSSR count). The molecule has 1 amide bonds. The third-order valence-electron chi connectivity index (χ3n) is 4.29. The van der Waals surface area contributed by atoms with Crippen molar-refractivity contribution in [3.63, 3.8) is 0 Å². The third-order valence-corrected chi connectivity index (χ3v) is 4.29. The summed E-state index contributed by atoms with van der Waals surface area (Å²) >= 11 is 0. The SMILES string of the molecule is Cc1ccc(OCC(=O)Nc2ccc(OC[C@@H]3CCCO3)cc2)c(C)c1. The first-order valence-corrected chi connectivity index (χ1v) is 8.94. The predicted octanol–water partition coefficient (Wildman–Crippen LogP) is 3.88. The minimum atomic E-state index is -0.196. The van der Waals surface area contributed by atoms with Crippen molar-refractivity contribution >= 4 is 11.6 Å². The predicted molar refractivity (Wildman–Crippen MR) is 101 cm³/mol. The summed E-state index contributed by atoms with van der Waals surface area (Å²) in [6, 6.07) is 13.2. The number of carbonyl (C=O) groups excluding carboxylic acids is 1. The van der Waals surface area contributed by atoms with E-state index in [1.165, 1.54) is 5.56 Å². The molecule has 2 aromatic carbocycles. The molecule has 2 aromatic rings. The molecule has 5 heteroatoms. The number of hydrogen-bond donors (Lipinski definition) is 1. The van der Waals surface area contributed by atoms with Gasteiger partial charge in [0, 0.05) is 12.3 Å². The Bertz CT molecular complexity index is 736. The van der Waals surface area contributed by atoms with Crippen LogP contribution in [0.3, 0.4) is 0 Å². The van der Waals surface area contributed by atoms with Crippen molar-refractivity contribution < 1.29 is 19.0 Å². The molecule has 1 aliphatic rings. The van der Waals surface area contributed by atoms with E-state index in [4.69, 9.17) is 14.2 Å². The lowest BCUT2D eigenvalue weighted by molar-refractivity contribution is -0.118. The molecule has 0 aromatic heterocycles. The molecule has 26 heavy (non-hydrogen) atoms. The Morgan fingerprint density at radius 1 is 1.15 bits per heavy atom. The van der Waals surface area contributed by atoms with Gasteiger partial charge < -0.3 is 19.5 Å². The molecular formula is C21H25NO4. The Hall–Kier alpha value is -2.53. The molecule has 1 aliphatic heterocycles. The number of carbonyl (C=O) groups is 1. The molecule has 0 saturated carbocycles. The second kappa shape index (κ2) is 8.72. The lowest BCUT2D eigenvalue weighted by Gasteiger charge is -2.12. The highest BCUT2D eigenvalue weighted by Crippen LogP contribution is 2.20. The summed E-state index contributed by atoms with van der Waals surface area (Å²) in [5, 5.41) is 2.82. The van der Waals surface area contributed by atoms with Gasteiger partial charge in [0.05, 0.1) is 6.10 Å². The summed E-state index contributed by atoms with van der Waals surface area (Å²) in [6.45, 7) is 5.35. The minimum absolute atomic E-state index is 0.0266. The topological polar surface area (TPSA) is 56.8 Å². The van der Waals surface area contributed by atoms with Crippen LogP contribution in [0.4, 0.5) is 5.69 Å². The lowest BCUT2D eigenvalue weighted by Crippen LogP contribution is -2.20. The highest BCUT2D eigenvalue weighted by atomic mass is 16.5. The summed E-state index contributed by atoms with van der Waals surface area (Å²) in [5.41, 5.74) is 2.90. The molecule has 5 nitrogen and oxygen atoms in total. The van der Waals surface area contributed by atoms with Crippen LogP contribution >= 0.6 is 0 Å². The van der Waals surface area contributed by atoms with E-state index in [-0.39, 0.29) is 18.6 Å². The van der Waals surface area contributed by atoms with Gasteiger partial charge in [-0.05, 0) is 62.6 Å². The maximum Gasteiger partial charge on any atom is 0.262 e. The highest BCUT2D eigenvalue weighted by molar-refractivity contribution is 5.91. The number of rotatable bonds is 7. The van der Waals surface area contributed by atoms with E-state index in [9.17, 15) is 4.79 Å². The number of amides is 1. The zero-order valence-electron chi connectivity index (χ0n) is 15.3. The average Bonchev–Trinajstić information content (AvgIpc) is 3.14. The van der Waals surface area contributed by atoms with E-state index in [2.05, 4.69) is 5.32 Å². The fourth-order valence-electron chi connectivity index (χ4n) is 2.90. The number of benzene rings is 2. The zero-order valence-corrected chi connectivity index (χ0v) is 15.3. The highest BCUT2D eigenvalue weighted by Gasteiger charge is 2.15. The van der Waals surface area contributed by atoms with Crippen LogP contribution in [0.1, 0.15) is 24.0 Å². The quantitative estimate of drug-likeness (QED) is 0.819. The van der Waals surface area contributed by atoms with Crippen LogP contribution in [0.15, 0.2) is 42.5 Å². The molecule has 0 unspecified atom stereocenters. The first-order valence-electron chi connectivity index (χ1n) is 8.94. The largest absolute Gasteiger partial charge is 0.491 e. The van der Waals surface area contributed by atoms with Crippen LogP contribution in [-0.2, 0) is 9.53 Å². The molecule has 1 heterocycles. The second-order valence-corrected chi connectivity index (χ2v) is 6.58. The minimum Gasteiger partial charge on any atom is -0.491 e. The number of hydrogen-bond acceptors (Lipinski definition) is 4. The van der Waals surface area contributed by atoms with E-state index < -0.39 is 0 Å². The van der Waals surface area contributed by atoms with Crippen LogP contribution in [-0.4, -0.2) is 31.8 Å². The van der Waals surface area contributed by atoms with Gasteiger partial charge in [-0.1, -0.05) is 17.7 Å². The van der Waals surface area contributed by atoms with Crippen molar-refractivity contribution in [1.82, 2.24) is 0 Å². The molecule has 1 fully saturated rings. The summed E-state index contributed by atoms with van der Waals surface area (Å²) in [5.74, 6) is 1.30. The monoisotopic (exact) mass is 355 g/mol. The summed E-state index contributed by atoms with van der Waals surface area (Å²) in [6.07, 6.45) is 2.34. The fraction of sp³-hybridized carbons (Fsp3) is 0.381. The van der Waals surface area contributed by atoms with Gasteiger partial charge in [0.15, 0.2) is 6.61 Å². The van der Waals surface area contributed by atoms with Gasteiger partial charge in [0.2, 0.25) is 0 Å². The molecule has 0 aliphatic carbocycles. The van der Waals surface area contributed by atoms with E-state index >= 15 is 0 Å². The van der Waals surface area contributed by atoms with Crippen molar-refractivity contribution in [2.24, 2.45) is 0 Å². The Kier molecular flexibility index (Phi) is 6.12. The van der Waals surface area contributed by atoms with Crippen molar-refractivity contribution in [3.8, 4) is 11.5 Å². The van der Waals surface area contributed by atoms with Crippen molar-refractivity contribution in [2.45, 2.75) is 32.8 Å². The molecule has 0 spiro atoms. The lowest BCUT2D eigenvalue weighted by atomic mass is 10.1. The van der Waals surface area contributed by atoms with Crippen LogP contribution in [0, 0.1) is 13.8 Å². The Morgan fingerprint density at radius 3 is 2.65 bits per heavy atom. The van der Waals surface area contributed by atoms with E-state index in [0.717, 1.165) is 36.5 Å². The van der Waals surface area contributed by atoms with E-state index in [1.54, 1.807) is 0 Å². The van der Waals surface area contributed by atoms with Crippen LogP contribution < -0.4 is 14.8 Å². The van der Waals surface area contributed by atoms with Crippen molar-refractivity contribution in [3.05, 3.63) is 53.6 Å². The van der Waals surface area contributed by atoms with Gasteiger partial charge in [-0.15, -0.1) is 0 Å². The Balaban J connectivity index is 1.44. The Morgan fingerprint density at radius 2 is 1.96 bits per heavy atom. The molecule has 1 saturated heterocycles. The normalized spacial score (nSPS) is 16.3. The van der Waals surface area contributed by atoms with E-state index in [1.807, 2.05) is 56.3 Å². The van der Waals surface area contributed by atoms with Gasteiger partial charge in [0.25, 0.3) is 5.91 Å². The van der Waals surface area contributed by atoms with Crippen LogP contribution in [0.5, 0.6) is 11.5 Å². The number of aryl methyl sites for hydroxylation is 2. The number of anilines is 1. The standard InChI is InChI=1S/C21H25NO4/c1-15-5-10-20(16(2)12-15)26-14-21(23)22-17-6-8-18(9-7-17)25-13-19-4-3-11-24-19/h5-10,12,19H,3-4,11,13-14H2,1-2H3,(H,22,23)/t19-/m0/s1. The van der Waals surface area contributed by atoms with Crippen molar-refractivity contribution in [1.29, 1.82) is 0 Å². The van der Waals surface area contributed by atoms with Gasteiger partial charge >= 0.3 is 0 Å². The van der Waals surface area contributed by atoms with Gasteiger partial charge in [-0.3, -0.25) is 4.79 Å². The van der Waals surface area contributed by atoms with E-state index in [0.29, 0.717) is 12.3 Å². The third kappa shape index (κ3) is 5.23. The zero-order chi connectivity index (χ0) is 18.4. The number of ether oxygens (including phenoxy) is 3. The number of nitrogens with one attached hydrogen (secondary N) is 1. The Labute approximate surface area is 154 Å². The summed E-state index contributed by atoms with van der Waals surface area (Å²) < 4.78 is 16.8. The maximum atomic E-state index is 12.1. The van der Waals surface area contributed by atoms with Crippen LogP contribution in [0.2, 0.25) is 0 Å². The van der Waals surface area contributed by atoms with Gasteiger partial charge in [0.1, 0.15) is 18.1 Å². The maximum absolute atomic E-state index is 12.1. The van der Waals surface area contributed by atoms with Crippen LogP contribution in [0.25, 0.3) is 0 Å². The molecular weight excluding hydrogens is 330 g/mol. The molecule has 1 atom stereocenters. The molecule has 0 bridgehead atoms. The van der Waals surface area contributed by atoms with Gasteiger partial charge in [-0.25, -0.2) is 0 Å².